The van der Waals surface area contributed by atoms with Gasteiger partial charge in [0.05, 0.1) is 25.7 Å². The Hall–Kier alpha value is -1.71. The third-order valence-electron chi connectivity index (χ3n) is 6.48. The number of aromatic nitrogens is 1. The van der Waals surface area contributed by atoms with Crippen LogP contribution in [0.15, 0.2) is 49.2 Å². The molecule has 0 saturated carbocycles. The van der Waals surface area contributed by atoms with E-state index in [0.29, 0.717) is 12.0 Å². The number of fused-ring (bicyclic) bond motifs is 4. The van der Waals surface area contributed by atoms with Crippen molar-refractivity contribution in [2.24, 2.45) is 11.8 Å². The smallest absolute Gasteiger partial charge is 0.134 e. The predicted octanol–water partition coefficient (Wildman–Crippen LogP) is 3.96. The number of pyridine rings is 1. The molecular formula is C21H27N2O+. The Morgan fingerprint density at radius 1 is 1.33 bits per heavy atom. The second-order valence-electron chi connectivity index (χ2n) is 7.71. The van der Waals surface area contributed by atoms with Crippen LogP contribution in [0.1, 0.15) is 24.5 Å². The molecular weight excluding hydrogens is 296 g/mol. The van der Waals surface area contributed by atoms with Crippen LogP contribution in [0.3, 0.4) is 0 Å². The van der Waals surface area contributed by atoms with Crippen LogP contribution < -0.4 is 0 Å². The molecule has 3 aliphatic heterocycles. The average molecular weight is 323 g/mol. The molecule has 126 valence electrons. The molecule has 0 spiro atoms. The Labute approximate surface area is 144 Å². The van der Waals surface area contributed by atoms with Crippen LogP contribution in [0.25, 0.3) is 10.9 Å². The quantitative estimate of drug-likeness (QED) is 0.627. The highest BCUT2D eigenvalue weighted by atomic mass is 16.5. The zero-order chi connectivity index (χ0) is 16.7. The summed E-state index contributed by atoms with van der Waals surface area (Å²) < 4.78 is 7.20. The van der Waals surface area contributed by atoms with Gasteiger partial charge in [-0.15, -0.1) is 6.58 Å². The van der Waals surface area contributed by atoms with Crippen LogP contribution in [0.2, 0.25) is 0 Å². The average Bonchev–Trinajstić information content (AvgIpc) is 2.63. The maximum Gasteiger partial charge on any atom is 0.134 e. The van der Waals surface area contributed by atoms with Crippen LogP contribution in [0.5, 0.6) is 0 Å². The van der Waals surface area contributed by atoms with Crippen LogP contribution in [-0.4, -0.2) is 42.8 Å². The minimum atomic E-state index is 0.122. The van der Waals surface area contributed by atoms with E-state index in [1.807, 2.05) is 13.3 Å². The van der Waals surface area contributed by atoms with Crippen LogP contribution >= 0.6 is 0 Å². The van der Waals surface area contributed by atoms with Gasteiger partial charge in [-0.1, -0.05) is 24.3 Å². The molecule has 3 aliphatic rings. The van der Waals surface area contributed by atoms with Crippen molar-refractivity contribution in [1.29, 1.82) is 0 Å². The van der Waals surface area contributed by atoms with Gasteiger partial charge in [0.2, 0.25) is 0 Å². The molecule has 5 rings (SSSR count). The van der Waals surface area contributed by atoms with Crippen molar-refractivity contribution in [3.05, 3.63) is 54.7 Å². The number of nitrogens with zero attached hydrogens (tertiary/aromatic N) is 2. The van der Waals surface area contributed by atoms with Crippen molar-refractivity contribution in [2.75, 3.05) is 27.2 Å². The number of quaternary nitrogens is 1. The van der Waals surface area contributed by atoms with Gasteiger partial charge in [0.15, 0.2) is 0 Å². The second-order valence-corrected chi connectivity index (χ2v) is 7.71. The fourth-order valence-corrected chi connectivity index (χ4v) is 5.13. The van der Waals surface area contributed by atoms with Crippen molar-refractivity contribution >= 4 is 10.9 Å². The van der Waals surface area contributed by atoms with Gasteiger partial charge >= 0.3 is 0 Å². The minimum Gasteiger partial charge on any atom is -0.370 e. The van der Waals surface area contributed by atoms with E-state index < -0.39 is 0 Å². The monoisotopic (exact) mass is 323 g/mol. The lowest BCUT2D eigenvalue weighted by atomic mass is 9.71. The van der Waals surface area contributed by atoms with Crippen LogP contribution in [-0.2, 0) is 4.74 Å². The van der Waals surface area contributed by atoms with Gasteiger partial charge in [-0.25, -0.2) is 0 Å². The maximum absolute atomic E-state index is 6.10. The predicted molar refractivity (Wildman–Crippen MR) is 97.6 cm³/mol. The number of rotatable bonds is 4. The number of benzene rings is 1. The van der Waals surface area contributed by atoms with E-state index in [0.717, 1.165) is 15.9 Å². The molecule has 1 aromatic heterocycles. The highest BCUT2D eigenvalue weighted by Crippen LogP contribution is 2.46. The molecule has 3 fully saturated rings. The van der Waals surface area contributed by atoms with Gasteiger partial charge in [0.1, 0.15) is 12.1 Å². The molecule has 2 bridgehead atoms. The van der Waals surface area contributed by atoms with Crippen molar-refractivity contribution in [1.82, 2.24) is 4.98 Å². The fraction of sp³-hybridized carbons (Fsp3) is 0.476. The lowest BCUT2D eigenvalue weighted by Gasteiger charge is -2.56. The van der Waals surface area contributed by atoms with E-state index in [2.05, 4.69) is 55.0 Å². The fourth-order valence-electron chi connectivity index (χ4n) is 5.13. The van der Waals surface area contributed by atoms with Gasteiger partial charge in [-0.2, -0.15) is 0 Å². The number of ether oxygens (including phenoxy) is 1. The van der Waals surface area contributed by atoms with E-state index in [1.54, 1.807) is 0 Å². The lowest BCUT2D eigenvalue weighted by Crippen LogP contribution is -2.66. The number of likely N-dealkylation sites (N-methyl/N-ethyl adjacent to an activating group) is 1. The summed E-state index contributed by atoms with van der Waals surface area (Å²) in [5.74, 6) is 1.42. The SMILES string of the molecule is C=C[C@H]1C[N@+]2(C)CC[C@H]1C[C@@H]2[C@H](OC)c1ccnc2ccccc12. The first-order valence-electron chi connectivity index (χ1n) is 8.99. The Bertz CT molecular complexity index is 753. The van der Waals surface area contributed by atoms with Gasteiger partial charge < -0.3 is 9.22 Å². The Kier molecular flexibility index (Phi) is 3.93. The summed E-state index contributed by atoms with van der Waals surface area (Å²) in [6.07, 6.45) is 6.77. The van der Waals surface area contributed by atoms with E-state index in [4.69, 9.17) is 4.74 Å². The largest absolute Gasteiger partial charge is 0.370 e. The van der Waals surface area contributed by atoms with Gasteiger partial charge in [0, 0.05) is 37.5 Å². The zero-order valence-corrected chi connectivity index (χ0v) is 14.7. The summed E-state index contributed by atoms with van der Waals surface area (Å²) in [4.78, 5) is 4.52. The van der Waals surface area contributed by atoms with Crippen LogP contribution in [0, 0.1) is 11.8 Å². The highest BCUT2D eigenvalue weighted by molar-refractivity contribution is 5.82. The van der Waals surface area contributed by atoms with E-state index in [1.165, 1.54) is 36.9 Å². The molecule has 0 amide bonds. The normalized spacial score (nSPS) is 33.5. The molecule has 0 aliphatic carbocycles. The second kappa shape index (κ2) is 5.98. The zero-order valence-electron chi connectivity index (χ0n) is 14.7. The Morgan fingerprint density at radius 3 is 2.92 bits per heavy atom. The standard InChI is InChI=1S/C21H27N2O/c1-4-15-14-23(2)12-10-16(15)13-20(23)21(24-3)18-9-11-22-19-8-6-5-7-17(18)19/h4-9,11,15-16,20-21H,1,10,12-14H2,2-3H3/q+1/t15-,16-,20+,21+,23-/m0/s1. The molecule has 24 heavy (non-hydrogen) atoms. The molecule has 0 radical (unpaired) electrons. The molecule has 3 heteroatoms. The summed E-state index contributed by atoms with van der Waals surface area (Å²) in [5, 5.41) is 1.22. The minimum absolute atomic E-state index is 0.122. The summed E-state index contributed by atoms with van der Waals surface area (Å²) in [6.45, 7) is 6.52. The number of para-hydroxylation sites is 1. The van der Waals surface area contributed by atoms with Crippen molar-refractivity contribution in [3.8, 4) is 0 Å². The van der Waals surface area contributed by atoms with Crippen molar-refractivity contribution in [3.63, 3.8) is 0 Å². The molecule has 1 aromatic carbocycles. The van der Waals surface area contributed by atoms with Crippen molar-refractivity contribution in [2.45, 2.75) is 25.0 Å². The molecule has 3 nitrogen and oxygen atoms in total. The van der Waals surface area contributed by atoms with E-state index in [9.17, 15) is 0 Å². The molecule has 3 saturated heterocycles. The lowest BCUT2D eigenvalue weighted by molar-refractivity contribution is -0.956. The molecule has 2 aromatic rings. The molecule has 0 N–H and O–H groups in total. The topological polar surface area (TPSA) is 22.1 Å². The number of hydrogen-bond acceptors (Lipinski definition) is 2. The maximum atomic E-state index is 6.10. The van der Waals surface area contributed by atoms with Crippen LogP contribution in [0.4, 0.5) is 0 Å². The Balaban J connectivity index is 1.75. The summed E-state index contributed by atoms with van der Waals surface area (Å²) in [7, 11) is 4.27. The summed E-state index contributed by atoms with van der Waals surface area (Å²) >= 11 is 0. The third kappa shape index (κ3) is 2.38. The van der Waals surface area contributed by atoms with Gasteiger partial charge in [-0.05, 0) is 23.6 Å². The highest BCUT2D eigenvalue weighted by Gasteiger charge is 2.52. The van der Waals surface area contributed by atoms with Gasteiger partial charge in [-0.3, -0.25) is 4.98 Å². The summed E-state index contributed by atoms with van der Waals surface area (Å²) in [5.41, 5.74) is 2.34. The van der Waals surface area contributed by atoms with Gasteiger partial charge in [0.25, 0.3) is 0 Å². The number of hydrogen-bond donors (Lipinski definition) is 0. The molecule has 0 unspecified atom stereocenters. The molecule has 4 heterocycles. The summed E-state index contributed by atoms with van der Waals surface area (Å²) in [6, 6.07) is 11.1. The number of piperidine rings is 3. The third-order valence-corrected chi connectivity index (χ3v) is 6.48. The molecule has 5 atom stereocenters. The number of methoxy groups -OCH3 is 1. The first kappa shape index (κ1) is 15.8. The van der Waals surface area contributed by atoms with E-state index in [-0.39, 0.29) is 6.10 Å². The Morgan fingerprint density at radius 2 is 2.17 bits per heavy atom. The van der Waals surface area contributed by atoms with Crippen molar-refractivity contribution < 1.29 is 9.22 Å². The van der Waals surface area contributed by atoms with E-state index >= 15 is 0 Å². The first-order chi connectivity index (χ1) is 11.7. The first-order valence-corrected chi connectivity index (χ1v) is 8.99.